The molecule has 1 N–H and O–H groups in total. The average molecular weight is 379 g/mol. The van der Waals surface area contributed by atoms with Crippen molar-refractivity contribution in [1.82, 2.24) is 9.88 Å². The van der Waals surface area contributed by atoms with Gasteiger partial charge in [0, 0.05) is 23.6 Å². The van der Waals surface area contributed by atoms with E-state index in [4.69, 9.17) is 4.74 Å². The molecule has 1 aromatic heterocycles. The first-order valence-corrected chi connectivity index (χ1v) is 9.30. The fraction of sp³-hybridized carbons (Fsp3) is 0.150. The van der Waals surface area contributed by atoms with Crippen molar-refractivity contribution in [3.8, 4) is 16.3 Å². The Morgan fingerprint density at radius 3 is 2.89 bits per heavy atom. The smallest absolute Gasteiger partial charge is 0.262 e. The number of rotatable bonds is 4. The molecule has 0 fully saturated rings. The summed E-state index contributed by atoms with van der Waals surface area (Å²) < 4.78 is 5.38. The summed E-state index contributed by atoms with van der Waals surface area (Å²) in [7, 11) is 1.74. The molecule has 0 saturated heterocycles. The van der Waals surface area contributed by atoms with Gasteiger partial charge in [0.1, 0.15) is 10.8 Å². The Morgan fingerprint density at radius 1 is 1.26 bits per heavy atom. The summed E-state index contributed by atoms with van der Waals surface area (Å²) in [6, 6.07) is 15.0. The molecule has 0 radical (unpaired) electrons. The Kier molecular flexibility index (Phi) is 4.60. The third kappa shape index (κ3) is 3.68. The van der Waals surface area contributed by atoms with Gasteiger partial charge in [0.05, 0.1) is 17.9 Å². The second-order valence-corrected chi connectivity index (χ2v) is 7.08. The lowest BCUT2D eigenvalue weighted by atomic mass is 10.1. The topological polar surface area (TPSA) is 71.5 Å². The number of carbonyl (C=O) groups excluding carboxylic acids is 2. The van der Waals surface area contributed by atoms with Gasteiger partial charge >= 0.3 is 0 Å². The molecular formula is C20H17N3O3S. The molecule has 0 saturated carbocycles. The number of ether oxygens (including phenoxy) is 1. The summed E-state index contributed by atoms with van der Waals surface area (Å²) in [6.45, 7) is 0.373. The minimum absolute atomic E-state index is 0.0401. The van der Waals surface area contributed by atoms with Crippen molar-refractivity contribution in [3.63, 3.8) is 0 Å². The van der Waals surface area contributed by atoms with Gasteiger partial charge < -0.3 is 15.0 Å². The van der Waals surface area contributed by atoms with Crippen LogP contribution in [0.3, 0.4) is 0 Å². The van der Waals surface area contributed by atoms with Crippen LogP contribution in [0.1, 0.15) is 16.1 Å². The number of hydrogen-bond acceptors (Lipinski definition) is 5. The third-order valence-electron chi connectivity index (χ3n) is 4.18. The van der Waals surface area contributed by atoms with Crippen LogP contribution in [-0.2, 0) is 11.3 Å². The lowest BCUT2D eigenvalue weighted by Crippen LogP contribution is -2.28. The highest BCUT2D eigenvalue weighted by molar-refractivity contribution is 7.13. The van der Waals surface area contributed by atoms with Crippen LogP contribution in [0.5, 0.6) is 5.75 Å². The maximum Gasteiger partial charge on any atom is 0.262 e. The molecular weight excluding hydrogens is 362 g/mol. The summed E-state index contributed by atoms with van der Waals surface area (Å²) in [5.41, 5.74) is 3.00. The van der Waals surface area contributed by atoms with E-state index in [0.717, 1.165) is 16.3 Å². The molecule has 27 heavy (non-hydrogen) atoms. The van der Waals surface area contributed by atoms with Gasteiger partial charge in [0.2, 0.25) is 0 Å². The van der Waals surface area contributed by atoms with Crippen molar-refractivity contribution in [2.24, 2.45) is 0 Å². The highest BCUT2D eigenvalue weighted by atomic mass is 32.1. The lowest BCUT2D eigenvalue weighted by Gasteiger charge is -2.20. The van der Waals surface area contributed by atoms with Crippen molar-refractivity contribution < 1.29 is 14.3 Å². The van der Waals surface area contributed by atoms with Gasteiger partial charge in [-0.2, -0.15) is 0 Å². The number of hydrogen-bond donors (Lipinski definition) is 1. The van der Waals surface area contributed by atoms with E-state index in [1.165, 1.54) is 0 Å². The van der Waals surface area contributed by atoms with Crippen LogP contribution < -0.4 is 10.1 Å². The first-order chi connectivity index (χ1) is 13.1. The Labute approximate surface area is 160 Å². The van der Waals surface area contributed by atoms with Gasteiger partial charge in [-0.25, -0.2) is 4.98 Å². The van der Waals surface area contributed by atoms with Crippen LogP contribution >= 0.6 is 11.3 Å². The second-order valence-electron chi connectivity index (χ2n) is 6.22. The van der Waals surface area contributed by atoms with E-state index >= 15 is 0 Å². The van der Waals surface area contributed by atoms with Crippen LogP contribution in [-0.4, -0.2) is 35.4 Å². The van der Waals surface area contributed by atoms with Crippen LogP contribution in [0, 0.1) is 0 Å². The first-order valence-electron chi connectivity index (χ1n) is 8.42. The van der Waals surface area contributed by atoms with E-state index < -0.39 is 0 Å². The molecule has 3 aromatic rings. The Hall–Kier alpha value is -3.19. The van der Waals surface area contributed by atoms with E-state index in [0.29, 0.717) is 23.5 Å². The maximum atomic E-state index is 12.7. The van der Waals surface area contributed by atoms with Gasteiger partial charge in [-0.05, 0) is 18.2 Å². The molecule has 2 aromatic carbocycles. The molecule has 0 bridgehead atoms. The molecule has 0 unspecified atom stereocenters. The van der Waals surface area contributed by atoms with Crippen molar-refractivity contribution >= 4 is 28.8 Å². The minimum Gasteiger partial charge on any atom is -0.482 e. The Balaban J connectivity index is 1.47. The van der Waals surface area contributed by atoms with Gasteiger partial charge in [0.25, 0.3) is 11.8 Å². The number of fused-ring (bicyclic) bond motifs is 1. The van der Waals surface area contributed by atoms with Crippen LogP contribution in [0.15, 0.2) is 53.9 Å². The van der Waals surface area contributed by atoms with Crippen LogP contribution in [0.2, 0.25) is 0 Å². The summed E-state index contributed by atoms with van der Waals surface area (Å²) in [5.74, 6) is 0.179. The molecule has 0 aliphatic carbocycles. The normalized spacial score (nSPS) is 12.7. The minimum atomic E-state index is -0.198. The maximum absolute atomic E-state index is 12.7. The number of anilines is 1. The number of nitrogens with one attached hydrogen (secondary N) is 1. The number of carbonyl (C=O) groups is 2. The van der Waals surface area contributed by atoms with E-state index in [2.05, 4.69) is 10.3 Å². The second kappa shape index (κ2) is 7.20. The van der Waals surface area contributed by atoms with Crippen LogP contribution in [0.4, 0.5) is 5.69 Å². The van der Waals surface area contributed by atoms with Gasteiger partial charge in [-0.1, -0.05) is 30.3 Å². The summed E-state index contributed by atoms with van der Waals surface area (Å²) in [4.78, 5) is 30.3. The van der Waals surface area contributed by atoms with E-state index in [9.17, 15) is 9.59 Å². The van der Waals surface area contributed by atoms with Gasteiger partial charge in [-0.3, -0.25) is 9.59 Å². The molecule has 4 rings (SSSR count). The molecule has 0 atom stereocenters. The third-order valence-corrected chi connectivity index (χ3v) is 5.12. The van der Waals surface area contributed by atoms with E-state index in [1.807, 2.05) is 35.7 Å². The molecule has 2 heterocycles. The number of amides is 2. The zero-order valence-corrected chi connectivity index (χ0v) is 15.5. The Bertz CT molecular complexity index is 1000. The molecule has 2 amide bonds. The number of nitrogens with zero attached hydrogens (tertiary/aromatic N) is 2. The molecule has 7 heteroatoms. The SMILES string of the molecule is CN(Cc1csc(-c2ccccc2)n1)C(=O)c1ccc2c(c1)OCC(=O)N2. The predicted octanol–water partition coefficient (Wildman–Crippen LogP) is 3.41. The predicted molar refractivity (Wildman–Crippen MR) is 104 cm³/mol. The fourth-order valence-corrected chi connectivity index (χ4v) is 3.65. The van der Waals surface area contributed by atoms with Gasteiger partial charge in [0.15, 0.2) is 6.61 Å². The molecule has 0 spiro atoms. The van der Waals surface area contributed by atoms with Crippen molar-refractivity contribution in [2.75, 3.05) is 19.0 Å². The summed E-state index contributed by atoms with van der Waals surface area (Å²) in [5, 5.41) is 5.62. The summed E-state index contributed by atoms with van der Waals surface area (Å²) >= 11 is 1.56. The van der Waals surface area contributed by atoms with Crippen LogP contribution in [0.25, 0.3) is 10.6 Å². The quantitative estimate of drug-likeness (QED) is 0.754. The average Bonchev–Trinajstić information content (AvgIpc) is 3.16. The van der Waals surface area contributed by atoms with Crippen molar-refractivity contribution in [3.05, 3.63) is 65.2 Å². The first kappa shape index (κ1) is 17.2. The zero-order valence-electron chi connectivity index (χ0n) is 14.6. The summed E-state index contributed by atoms with van der Waals surface area (Å²) in [6.07, 6.45) is 0. The molecule has 6 nitrogen and oxygen atoms in total. The zero-order chi connectivity index (χ0) is 18.8. The monoisotopic (exact) mass is 379 g/mol. The standard InChI is InChI=1S/C20H17N3O3S/c1-23(10-15-12-27-19(21-15)13-5-3-2-4-6-13)20(25)14-7-8-16-17(9-14)26-11-18(24)22-16/h2-9,12H,10-11H2,1H3,(H,22,24). The highest BCUT2D eigenvalue weighted by Crippen LogP contribution is 2.29. The molecule has 1 aliphatic heterocycles. The largest absolute Gasteiger partial charge is 0.482 e. The van der Waals surface area contributed by atoms with Crippen molar-refractivity contribution in [1.29, 1.82) is 0 Å². The number of thiazole rings is 1. The molecule has 1 aliphatic rings. The number of benzene rings is 2. The number of aromatic nitrogens is 1. The Morgan fingerprint density at radius 2 is 2.07 bits per heavy atom. The molecule has 136 valence electrons. The highest BCUT2D eigenvalue weighted by Gasteiger charge is 2.20. The van der Waals surface area contributed by atoms with Crippen molar-refractivity contribution in [2.45, 2.75) is 6.54 Å². The van der Waals surface area contributed by atoms with E-state index in [1.54, 1.807) is 41.5 Å². The van der Waals surface area contributed by atoms with E-state index in [-0.39, 0.29) is 18.4 Å². The fourth-order valence-electron chi connectivity index (χ4n) is 2.84. The lowest BCUT2D eigenvalue weighted by molar-refractivity contribution is -0.118. The van der Waals surface area contributed by atoms with Gasteiger partial charge in [-0.15, -0.1) is 11.3 Å².